The molecule has 5 nitrogen and oxygen atoms in total. The zero-order valence-corrected chi connectivity index (χ0v) is 15.4. The van der Waals surface area contributed by atoms with E-state index in [1.54, 1.807) is 0 Å². The van der Waals surface area contributed by atoms with E-state index >= 15 is 0 Å². The Bertz CT molecular complexity index is 607. The van der Waals surface area contributed by atoms with Crippen molar-refractivity contribution in [2.45, 2.75) is 46.6 Å². The Balaban J connectivity index is 2.10. The van der Waals surface area contributed by atoms with Crippen LogP contribution in [0.1, 0.15) is 40.5 Å². The molecule has 5 heteroatoms. The number of fused-ring (bicyclic) bond motifs is 1. The van der Waals surface area contributed by atoms with Gasteiger partial charge in [-0.15, -0.1) is 0 Å². The van der Waals surface area contributed by atoms with Crippen LogP contribution in [0.2, 0.25) is 0 Å². The molecule has 2 rings (SSSR count). The highest BCUT2D eigenvalue weighted by atomic mass is 16.2. The first-order chi connectivity index (χ1) is 11.2. The molecule has 0 aliphatic carbocycles. The van der Waals surface area contributed by atoms with Crippen LogP contribution in [-0.2, 0) is 9.59 Å². The van der Waals surface area contributed by atoms with E-state index in [1.807, 2.05) is 43.9 Å². The van der Waals surface area contributed by atoms with Gasteiger partial charge in [0.25, 0.3) is 0 Å². The molecule has 0 bridgehead atoms. The van der Waals surface area contributed by atoms with E-state index in [9.17, 15) is 9.59 Å². The molecular formula is C19H29N3O2. The van der Waals surface area contributed by atoms with Gasteiger partial charge in [-0.1, -0.05) is 32.9 Å². The average molecular weight is 331 g/mol. The molecule has 132 valence electrons. The number of carbonyl (C=O) groups is 2. The van der Waals surface area contributed by atoms with Gasteiger partial charge in [0, 0.05) is 38.0 Å². The van der Waals surface area contributed by atoms with Crippen molar-refractivity contribution < 1.29 is 9.59 Å². The number of hydrogen-bond acceptors (Lipinski definition) is 3. The Hall–Kier alpha value is -2.04. The van der Waals surface area contributed by atoms with Crippen LogP contribution in [0.3, 0.4) is 0 Å². The summed E-state index contributed by atoms with van der Waals surface area (Å²) in [6.45, 7) is 8.98. The Labute approximate surface area is 145 Å². The molecule has 0 fully saturated rings. The third kappa shape index (κ3) is 4.08. The third-order valence-electron chi connectivity index (χ3n) is 4.45. The fourth-order valence-corrected chi connectivity index (χ4v) is 2.91. The molecule has 1 aliphatic rings. The summed E-state index contributed by atoms with van der Waals surface area (Å²) in [4.78, 5) is 28.8. The van der Waals surface area contributed by atoms with Crippen molar-refractivity contribution in [3.63, 3.8) is 0 Å². The van der Waals surface area contributed by atoms with Crippen LogP contribution in [-0.4, -0.2) is 38.0 Å². The molecule has 1 atom stereocenters. The number of para-hydroxylation sites is 2. The second-order valence-corrected chi connectivity index (χ2v) is 7.57. The summed E-state index contributed by atoms with van der Waals surface area (Å²) in [5.74, 6) is 0.0267. The van der Waals surface area contributed by atoms with Gasteiger partial charge < -0.3 is 15.1 Å². The largest absolute Gasteiger partial charge is 0.373 e. The quantitative estimate of drug-likeness (QED) is 0.926. The summed E-state index contributed by atoms with van der Waals surface area (Å²) in [5.41, 5.74) is 1.60. The summed E-state index contributed by atoms with van der Waals surface area (Å²) in [7, 11) is 2.06. The van der Waals surface area contributed by atoms with Gasteiger partial charge in [0.2, 0.25) is 11.8 Å². The number of benzene rings is 1. The summed E-state index contributed by atoms with van der Waals surface area (Å²) in [6.07, 6.45) is 1.23. The van der Waals surface area contributed by atoms with Crippen molar-refractivity contribution in [3.05, 3.63) is 24.3 Å². The topological polar surface area (TPSA) is 52.6 Å². The molecule has 1 N–H and O–H groups in total. The third-order valence-corrected chi connectivity index (χ3v) is 4.45. The molecule has 0 aromatic heterocycles. The Morgan fingerprint density at radius 1 is 1.21 bits per heavy atom. The number of hydrogen-bond donors (Lipinski definition) is 1. The smallest absolute Gasteiger partial charge is 0.229 e. The summed E-state index contributed by atoms with van der Waals surface area (Å²) in [5, 5.41) is 2.86. The van der Waals surface area contributed by atoms with Gasteiger partial charge in [0.15, 0.2) is 0 Å². The number of nitrogens with zero attached hydrogens (tertiary/aromatic N) is 2. The van der Waals surface area contributed by atoms with Crippen molar-refractivity contribution in [2.75, 3.05) is 29.9 Å². The van der Waals surface area contributed by atoms with Gasteiger partial charge >= 0.3 is 0 Å². The van der Waals surface area contributed by atoms with Gasteiger partial charge in [-0.25, -0.2) is 0 Å². The second-order valence-electron chi connectivity index (χ2n) is 7.57. The first-order valence-corrected chi connectivity index (χ1v) is 8.62. The van der Waals surface area contributed by atoms with Crippen LogP contribution in [0.4, 0.5) is 11.4 Å². The predicted molar refractivity (Wildman–Crippen MR) is 98.4 cm³/mol. The van der Waals surface area contributed by atoms with E-state index < -0.39 is 5.41 Å². The second kappa shape index (κ2) is 7.24. The van der Waals surface area contributed by atoms with Gasteiger partial charge in [-0.2, -0.15) is 0 Å². The van der Waals surface area contributed by atoms with E-state index in [0.717, 1.165) is 24.3 Å². The van der Waals surface area contributed by atoms with Crippen LogP contribution in [0.25, 0.3) is 0 Å². The minimum absolute atomic E-state index is 0.0284. The molecule has 0 saturated heterocycles. The lowest BCUT2D eigenvalue weighted by Crippen LogP contribution is -2.41. The minimum atomic E-state index is -0.436. The zero-order chi connectivity index (χ0) is 17.9. The lowest BCUT2D eigenvalue weighted by Gasteiger charge is -2.29. The SMILES string of the molecule is CC1CCN(C)c2ccccc2N1C(=O)CCNC(=O)C(C)(C)C. The van der Waals surface area contributed by atoms with Crippen LogP contribution >= 0.6 is 0 Å². The van der Waals surface area contributed by atoms with Crippen LogP contribution in [0, 0.1) is 5.41 Å². The van der Waals surface area contributed by atoms with Crippen LogP contribution in [0.15, 0.2) is 24.3 Å². The molecule has 0 radical (unpaired) electrons. The van der Waals surface area contributed by atoms with E-state index in [1.165, 1.54) is 0 Å². The van der Waals surface area contributed by atoms with E-state index in [4.69, 9.17) is 0 Å². The Kier molecular flexibility index (Phi) is 5.52. The number of amides is 2. The molecular weight excluding hydrogens is 302 g/mol. The maximum atomic E-state index is 12.8. The molecule has 1 aromatic carbocycles. The van der Waals surface area contributed by atoms with Gasteiger partial charge in [0.1, 0.15) is 0 Å². The first kappa shape index (κ1) is 18.3. The van der Waals surface area contributed by atoms with Gasteiger partial charge in [0.05, 0.1) is 11.4 Å². The molecule has 2 amide bonds. The fraction of sp³-hybridized carbons (Fsp3) is 0.579. The molecule has 0 saturated carbocycles. The highest BCUT2D eigenvalue weighted by Crippen LogP contribution is 2.33. The van der Waals surface area contributed by atoms with Gasteiger partial charge in [-0.3, -0.25) is 9.59 Å². The molecule has 1 heterocycles. The lowest BCUT2D eigenvalue weighted by atomic mass is 9.96. The van der Waals surface area contributed by atoms with E-state index in [-0.39, 0.29) is 17.9 Å². The highest BCUT2D eigenvalue weighted by Gasteiger charge is 2.28. The number of carbonyl (C=O) groups excluding carboxylic acids is 2. The Morgan fingerprint density at radius 2 is 1.83 bits per heavy atom. The van der Waals surface area contributed by atoms with E-state index in [2.05, 4.69) is 30.3 Å². The summed E-state index contributed by atoms with van der Waals surface area (Å²) >= 11 is 0. The minimum Gasteiger partial charge on any atom is -0.373 e. The average Bonchev–Trinajstić information content (AvgIpc) is 2.64. The maximum Gasteiger partial charge on any atom is 0.229 e. The van der Waals surface area contributed by atoms with E-state index in [0.29, 0.717) is 13.0 Å². The van der Waals surface area contributed by atoms with Crippen LogP contribution in [0.5, 0.6) is 0 Å². The predicted octanol–water partition coefficient (Wildman–Crippen LogP) is 2.80. The maximum absolute atomic E-state index is 12.8. The van der Waals surface area contributed by atoms with Crippen LogP contribution < -0.4 is 15.1 Å². The lowest BCUT2D eigenvalue weighted by molar-refractivity contribution is -0.128. The zero-order valence-electron chi connectivity index (χ0n) is 15.4. The van der Waals surface area contributed by atoms with Crippen molar-refractivity contribution in [3.8, 4) is 0 Å². The molecule has 1 unspecified atom stereocenters. The van der Waals surface area contributed by atoms with Crippen molar-refractivity contribution in [1.82, 2.24) is 5.32 Å². The molecule has 24 heavy (non-hydrogen) atoms. The number of rotatable bonds is 3. The molecule has 1 aromatic rings. The fourth-order valence-electron chi connectivity index (χ4n) is 2.91. The Morgan fingerprint density at radius 3 is 2.46 bits per heavy atom. The standard InChI is InChI=1S/C19H29N3O2/c1-14-11-13-21(5)15-8-6-7-9-16(15)22(14)17(23)10-12-20-18(24)19(2,3)4/h6-9,14H,10-13H2,1-5H3,(H,20,24). The van der Waals surface area contributed by atoms with Crippen molar-refractivity contribution >= 4 is 23.2 Å². The first-order valence-electron chi connectivity index (χ1n) is 8.62. The molecule has 0 spiro atoms. The van der Waals surface area contributed by atoms with Gasteiger partial charge in [-0.05, 0) is 25.5 Å². The highest BCUT2D eigenvalue weighted by molar-refractivity contribution is 5.98. The number of anilines is 2. The summed E-state index contributed by atoms with van der Waals surface area (Å²) in [6, 6.07) is 8.15. The van der Waals surface area contributed by atoms with Crippen molar-refractivity contribution in [1.29, 1.82) is 0 Å². The number of nitrogens with one attached hydrogen (secondary N) is 1. The van der Waals surface area contributed by atoms with Crippen molar-refractivity contribution in [2.24, 2.45) is 5.41 Å². The monoisotopic (exact) mass is 331 g/mol. The summed E-state index contributed by atoms with van der Waals surface area (Å²) < 4.78 is 0. The normalized spacial score (nSPS) is 18.0. The molecule has 1 aliphatic heterocycles.